The predicted molar refractivity (Wildman–Crippen MR) is 304 cm³/mol. The highest BCUT2D eigenvalue weighted by Gasteiger charge is 2.45. The Bertz CT molecular complexity index is 3110. The number of fused-ring (bicyclic) bond motifs is 2. The van der Waals surface area contributed by atoms with Crippen LogP contribution in [0.5, 0.6) is 5.75 Å². The molecule has 2 N–H and O–H groups in total. The van der Waals surface area contributed by atoms with Crippen LogP contribution in [0.3, 0.4) is 0 Å². The number of carbonyl (C=O) groups is 6. The summed E-state index contributed by atoms with van der Waals surface area (Å²) >= 11 is 1.70. The molecule has 4 fully saturated rings. The van der Waals surface area contributed by atoms with Crippen LogP contribution < -0.4 is 20.3 Å². The first-order valence-electron chi connectivity index (χ1n) is 28.5. The average Bonchev–Trinajstić information content (AvgIpc) is 4.23. The molecule has 5 amide bonds. The van der Waals surface area contributed by atoms with Crippen molar-refractivity contribution in [1.29, 1.82) is 0 Å². The summed E-state index contributed by atoms with van der Waals surface area (Å²) in [7, 11) is 1.72. The summed E-state index contributed by atoms with van der Waals surface area (Å²) in [6, 6.07) is 19.0. The predicted octanol–water partition coefficient (Wildman–Crippen LogP) is 10.4. The topological polar surface area (TPSA) is 190 Å². The van der Waals surface area contributed by atoms with Gasteiger partial charge in [-0.25, -0.2) is 9.97 Å². The van der Waals surface area contributed by atoms with Gasteiger partial charge < -0.3 is 29.3 Å². The normalized spacial score (nSPS) is 20.8. The van der Waals surface area contributed by atoms with Crippen LogP contribution in [-0.4, -0.2) is 113 Å². The molecular weight excluding hydrogens is 1020 g/mol. The monoisotopic (exact) mass is 1090 g/mol. The third-order valence-corrected chi connectivity index (χ3v) is 17.9. The molecule has 16 nitrogen and oxygen atoms in total. The van der Waals surface area contributed by atoms with Crippen LogP contribution in [0.15, 0.2) is 66.0 Å². The zero-order valence-electron chi connectivity index (χ0n) is 46.6. The van der Waals surface area contributed by atoms with Crippen molar-refractivity contribution in [3.63, 3.8) is 0 Å². The van der Waals surface area contributed by atoms with E-state index in [1.165, 1.54) is 4.88 Å². The van der Waals surface area contributed by atoms with Crippen LogP contribution in [0.2, 0.25) is 0 Å². The fourth-order valence-electron chi connectivity index (χ4n) is 12.4. The van der Waals surface area contributed by atoms with Crippen LogP contribution in [0.1, 0.15) is 159 Å². The van der Waals surface area contributed by atoms with Gasteiger partial charge in [0.15, 0.2) is 0 Å². The number of thiophene rings is 1. The van der Waals surface area contributed by atoms with E-state index in [1.54, 1.807) is 30.6 Å². The second-order valence-electron chi connectivity index (χ2n) is 23.4. The molecule has 1 unspecified atom stereocenters. The number of ether oxygens (including phenoxy) is 3. The molecule has 3 aromatic carbocycles. The summed E-state index contributed by atoms with van der Waals surface area (Å²) < 4.78 is 17.9. The van der Waals surface area contributed by atoms with Crippen LogP contribution in [0.25, 0.3) is 22.0 Å². The number of hydrogen-bond donors (Lipinski definition) is 2. The number of anilines is 2. The average molecular weight is 1090 g/mol. The molecular formula is C62H75N7O9S. The number of aromatic nitrogens is 2. The second-order valence-corrected chi connectivity index (χ2v) is 24.3. The van der Waals surface area contributed by atoms with E-state index >= 15 is 0 Å². The molecule has 418 valence electrons. The number of rotatable bonds is 17. The fourth-order valence-corrected chi connectivity index (χ4v) is 13.3. The number of esters is 1. The zero-order chi connectivity index (χ0) is 55.5. The number of piperidine rings is 3. The van der Waals surface area contributed by atoms with E-state index in [4.69, 9.17) is 24.2 Å². The van der Waals surface area contributed by atoms with E-state index in [1.807, 2.05) is 52.0 Å². The molecule has 1 saturated carbocycles. The zero-order valence-corrected chi connectivity index (χ0v) is 47.4. The second kappa shape index (κ2) is 23.9. The molecule has 2 atom stereocenters. The molecule has 17 heteroatoms. The summed E-state index contributed by atoms with van der Waals surface area (Å²) in [5, 5.41) is 9.11. The van der Waals surface area contributed by atoms with Gasteiger partial charge >= 0.3 is 5.97 Å². The number of amides is 5. The molecule has 10 rings (SSSR count). The van der Waals surface area contributed by atoms with Gasteiger partial charge in [0.25, 0.3) is 11.8 Å². The van der Waals surface area contributed by atoms with Gasteiger partial charge in [0, 0.05) is 80.2 Å². The molecule has 0 radical (unpaired) electrons. The van der Waals surface area contributed by atoms with E-state index in [-0.39, 0.29) is 36.7 Å². The first-order chi connectivity index (χ1) is 38.0. The molecule has 5 aromatic rings. The van der Waals surface area contributed by atoms with Gasteiger partial charge in [0.1, 0.15) is 29.0 Å². The van der Waals surface area contributed by atoms with E-state index in [0.29, 0.717) is 60.7 Å². The molecule has 3 saturated heterocycles. The van der Waals surface area contributed by atoms with E-state index in [2.05, 4.69) is 57.0 Å². The highest BCUT2D eigenvalue weighted by molar-refractivity contribution is 7.10. The number of aryl methyl sites for hydroxylation is 2. The van der Waals surface area contributed by atoms with Gasteiger partial charge in [-0.15, -0.1) is 11.3 Å². The maximum atomic E-state index is 14.0. The molecule has 6 heterocycles. The Hall–Kier alpha value is -6.72. The summed E-state index contributed by atoms with van der Waals surface area (Å²) in [4.78, 5) is 93.6. The Morgan fingerprint density at radius 1 is 0.835 bits per heavy atom. The number of nitrogens with zero attached hydrogens (tertiary/aromatic N) is 5. The summed E-state index contributed by atoms with van der Waals surface area (Å²) in [6.45, 7) is 14.4. The van der Waals surface area contributed by atoms with Crippen molar-refractivity contribution < 1.29 is 43.0 Å². The van der Waals surface area contributed by atoms with Crippen molar-refractivity contribution in [3.05, 3.63) is 99.0 Å². The molecule has 1 aliphatic carbocycles. The van der Waals surface area contributed by atoms with Gasteiger partial charge in [-0.05, 0) is 181 Å². The van der Waals surface area contributed by atoms with Crippen molar-refractivity contribution in [1.82, 2.24) is 25.1 Å². The van der Waals surface area contributed by atoms with Crippen LogP contribution in [0, 0.1) is 24.7 Å². The minimum Gasteiger partial charge on any atom is -0.496 e. The number of methoxy groups -OCH3 is 1. The largest absolute Gasteiger partial charge is 0.496 e. The summed E-state index contributed by atoms with van der Waals surface area (Å²) in [6.07, 6.45) is 9.50. The first-order valence-corrected chi connectivity index (χ1v) is 29.4. The third kappa shape index (κ3) is 12.7. The van der Waals surface area contributed by atoms with Crippen molar-refractivity contribution in [3.8, 4) is 16.9 Å². The maximum absolute atomic E-state index is 14.0. The lowest BCUT2D eigenvalue weighted by Gasteiger charge is -2.36. The standard InChI is InChI=1S/C62H75N7O9S/c1-37(54-31-44(36-79-54)46-10-8-7-9-41(46)15-20-56(71)78-62(3,4)5)63-57-50-33-48(53(76-6)34-51(50)64-38(2)65-57)42-11-13-43(14-12-42)59(73)68-28-21-39(22-29-68)25-30-77-35-40-23-26-67(27-24-40)45-16-17-47-49(32-45)61(75)69(60(47)74)52-18-19-55(70)66-58(52)72/h7-10,16-17,31-34,36-37,39-40,42-43,52H,11-15,18-30,35H2,1-6H3,(H,63,64,65)(H,66,70,72)/t37-,42?,43?,52?/m1/s1. The lowest BCUT2D eigenvalue weighted by Crippen LogP contribution is -2.54. The smallest absolute Gasteiger partial charge is 0.306 e. The molecule has 5 aliphatic rings. The lowest BCUT2D eigenvalue weighted by molar-refractivity contribution is -0.154. The van der Waals surface area contributed by atoms with Gasteiger partial charge in [-0.3, -0.25) is 39.0 Å². The Labute approximate surface area is 467 Å². The molecule has 79 heavy (non-hydrogen) atoms. The van der Waals surface area contributed by atoms with E-state index in [0.717, 1.165) is 139 Å². The lowest BCUT2D eigenvalue weighted by atomic mass is 9.77. The number of nitrogens with one attached hydrogen (secondary N) is 2. The Morgan fingerprint density at radius 2 is 1.57 bits per heavy atom. The third-order valence-electron chi connectivity index (χ3n) is 16.8. The van der Waals surface area contributed by atoms with E-state index in [9.17, 15) is 28.8 Å². The molecule has 4 aliphatic heterocycles. The summed E-state index contributed by atoms with van der Waals surface area (Å²) in [5.41, 5.74) is 6.26. The Balaban J connectivity index is 0.665. The van der Waals surface area contributed by atoms with E-state index < -0.39 is 35.3 Å². The highest BCUT2D eigenvalue weighted by Crippen LogP contribution is 2.44. The van der Waals surface area contributed by atoms with Crippen molar-refractivity contribution in [2.75, 3.05) is 56.7 Å². The maximum Gasteiger partial charge on any atom is 0.306 e. The van der Waals surface area contributed by atoms with Gasteiger partial charge in [-0.2, -0.15) is 0 Å². The Morgan fingerprint density at radius 3 is 2.30 bits per heavy atom. The van der Waals surface area contributed by atoms with Crippen molar-refractivity contribution in [2.45, 2.75) is 142 Å². The van der Waals surface area contributed by atoms with Gasteiger partial charge in [-0.1, -0.05) is 24.3 Å². The SMILES string of the molecule is COc1cc2nc(C)nc(N[C@H](C)c3cc(-c4ccccc4CCC(=O)OC(C)(C)C)cs3)c2cc1C1CCC(C(=O)N2CCC(CCOCC3CCN(c4ccc5c(c4)C(=O)N(C4CCC(=O)NC4=O)C5=O)CC3)CC2)CC1. The van der Waals surface area contributed by atoms with Crippen molar-refractivity contribution in [2.24, 2.45) is 17.8 Å². The minimum atomic E-state index is -0.980. The Kier molecular flexibility index (Phi) is 16.8. The van der Waals surface area contributed by atoms with Crippen LogP contribution >= 0.6 is 11.3 Å². The number of hydrogen-bond acceptors (Lipinski definition) is 14. The van der Waals surface area contributed by atoms with Crippen molar-refractivity contribution >= 4 is 69.3 Å². The summed E-state index contributed by atoms with van der Waals surface area (Å²) in [5.74, 6) is 1.62. The van der Waals surface area contributed by atoms with Gasteiger partial charge in [0.05, 0.1) is 29.8 Å². The van der Waals surface area contributed by atoms with Crippen LogP contribution in [0.4, 0.5) is 11.5 Å². The minimum absolute atomic E-state index is 0.0235. The number of carbonyl (C=O) groups excluding carboxylic acids is 6. The fraction of sp³-hybridized carbons (Fsp3) is 0.516. The molecule has 0 bridgehead atoms. The number of imide groups is 2. The van der Waals surface area contributed by atoms with Gasteiger partial charge in [0.2, 0.25) is 17.7 Å². The van der Waals surface area contributed by atoms with Crippen LogP contribution in [-0.2, 0) is 35.1 Å². The first kappa shape index (κ1) is 55.6. The molecule has 0 spiro atoms. The quantitative estimate of drug-likeness (QED) is 0.0509. The molecule has 2 aromatic heterocycles. The highest BCUT2D eigenvalue weighted by atomic mass is 32.1. The number of likely N-dealkylation sites (tertiary alicyclic amines) is 1. The number of benzene rings is 3.